The molecule has 1 heterocycles. The summed E-state index contributed by atoms with van der Waals surface area (Å²) in [7, 11) is 4.02. The maximum Gasteiger partial charge on any atom is 0.219 e. The lowest BCUT2D eigenvalue weighted by Crippen LogP contribution is -2.22. The summed E-state index contributed by atoms with van der Waals surface area (Å²) >= 11 is 0. The maximum atomic E-state index is 11.1. The van der Waals surface area contributed by atoms with Gasteiger partial charge in [-0.3, -0.25) is 4.79 Å². The zero-order valence-corrected chi connectivity index (χ0v) is 10.4. The smallest absolute Gasteiger partial charge is 0.219 e. The number of carbonyl (C=O) groups excluding carboxylic acids is 1. The standard InChI is InChI=1S/C10H19NOS2/c1-2-11-10(12)6-4-3-5-9-7-8-13-14-9/h9H,2-8H2,1H3,(H,11,12)/t9-/m1/s1. The molecule has 0 aromatic heterocycles. The molecule has 1 atom stereocenters. The SMILES string of the molecule is CCNC(=O)CCCC[C@@H]1CCSS1. The lowest BCUT2D eigenvalue weighted by atomic mass is 10.1. The van der Waals surface area contributed by atoms with Gasteiger partial charge in [0.25, 0.3) is 0 Å². The van der Waals surface area contributed by atoms with Gasteiger partial charge in [-0.15, -0.1) is 0 Å². The maximum absolute atomic E-state index is 11.1. The van der Waals surface area contributed by atoms with Crippen molar-refractivity contribution < 1.29 is 4.79 Å². The highest BCUT2D eigenvalue weighted by molar-refractivity contribution is 8.77. The summed E-state index contributed by atoms with van der Waals surface area (Å²) < 4.78 is 0. The van der Waals surface area contributed by atoms with Gasteiger partial charge >= 0.3 is 0 Å². The number of hydrogen-bond donors (Lipinski definition) is 1. The predicted octanol–water partition coefficient (Wildman–Crippen LogP) is 2.84. The molecule has 0 unspecified atom stereocenters. The molecule has 1 rings (SSSR count). The minimum absolute atomic E-state index is 0.209. The van der Waals surface area contributed by atoms with Gasteiger partial charge < -0.3 is 5.32 Å². The van der Waals surface area contributed by atoms with Crippen LogP contribution >= 0.6 is 21.6 Å². The Morgan fingerprint density at radius 2 is 2.36 bits per heavy atom. The lowest BCUT2D eigenvalue weighted by Gasteiger charge is -2.06. The Labute approximate surface area is 94.4 Å². The Hall–Kier alpha value is 0.170. The van der Waals surface area contributed by atoms with Crippen LogP contribution in [0.4, 0.5) is 0 Å². The number of rotatable bonds is 6. The second-order valence-electron chi connectivity index (χ2n) is 3.53. The van der Waals surface area contributed by atoms with Crippen LogP contribution in [0, 0.1) is 0 Å². The summed E-state index contributed by atoms with van der Waals surface area (Å²) in [6.45, 7) is 2.72. The molecule has 4 heteroatoms. The molecule has 0 aromatic rings. The van der Waals surface area contributed by atoms with Gasteiger partial charge in [-0.25, -0.2) is 0 Å². The molecule has 14 heavy (non-hydrogen) atoms. The highest BCUT2D eigenvalue weighted by Crippen LogP contribution is 2.39. The molecule has 1 N–H and O–H groups in total. The highest BCUT2D eigenvalue weighted by Gasteiger charge is 2.15. The van der Waals surface area contributed by atoms with Crippen molar-refractivity contribution >= 4 is 27.5 Å². The second kappa shape index (κ2) is 7.46. The summed E-state index contributed by atoms with van der Waals surface area (Å²) in [5.74, 6) is 1.52. The summed E-state index contributed by atoms with van der Waals surface area (Å²) in [4.78, 5) is 11.1. The van der Waals surface area contributed by atoms with E-state index < -0.39 is 0 Å². The Kier molecular flexibility index (Phi) is 6.52. The van der Waals surface area contributed by atoms with Gasteiger partial charge in [0.15, 0.2) is 0 Å². The first kappa shape index (κ1) is 12.2. The number of hydrogen-bond acceptors (Lipinski definition) is 3. The van der Waals surface area contributed by atoms with Gasteiger partial charge in [0.1, 0.15) is 0 Å². The van der Waals surface area contributed by atoms with E-state index in [-0.39, 0.29) is 5.91 Å². The van der Waals surface area contributed by atoms with Crippen molar-refractivity contribution in [3.63, 3.8) is 0 Å². The number of carbonyl (C=O) groups is 1. The van der Waals surface area contributed by atoms with Gasteiger partial charge in [-0.1, -0.05) is 28.0 Å². The third kappa shape index (κ3) is 5.15. The van der Waals surface area contributed by atoms with E-state index in [2.05, 4.69) is 5.32 Å². The van der Waals surface area contributed by atoms with Gasteiger partial charge in [-0.05, 0) is 26.2 Å². The first-order valence-electron chi connectivity index (χ1n) is 5.38. The number of amides is 1. The average molecular weight is 233 g/mol. The summed E-state index contributed by atoms with van der Waals surface area (Å²) in [5.41, 5.74) is 0. The molecule has 1 aliphatic rings. The Morgan fingerprint density at radius 1 is 1.50 bits per heavy atom. The van der Waals surface area contributed by atoms with E-state index in [9.17, 15) is 4.79 Å². The molecule has 0 aromatic carbocycles. The molecule has 0 spiro atoms. The van der Waals surface area contributed by atoms with E-state index in [0.717, 1.165) is 18.2 Å². The minimum atomic E-state index is 0.209. The van der Waals surface area contributed by atoms with Crippen molar-refractivity contribution in [2.24, 2.45) is 0 Å². The van der Waals surface area contributed by atoms with Gasteiger partial charge in [0.2, 0.25) is 5.91 Å². The summed E-state index contributed by atoms with van der Waals surface area (Å²) in [6.07, 6.45) is 5.61. The van der Waals surface area contributed by atoms with Crippen LogP contribution in [0.25, 0.3) is 0 Å². The van der Waals surface area contributed by atoms with E-state index in [0.29, 0.717) is 6.42 Å². The average Bonchev–Trinajstić information content (AvgIpc) is 2.65. The normalized spacial score (nSPS) is 21.1. The van der Waals surface area contributed by atoms with E-state index in [1.165, 1.54) is 25.0 Å². The first-order valence-corrected chi connectivity index (χ1v) is 7.76. The quantitative estimate of drug-likeness (QED) is 0.565. The highest BCUT2D eigenvalue weighted by atomic mass is 33.1. The minimum Gasteiger partial charge on any atom is -0.356 e. The van der Waals surface area contributed by atoms with Crippen molar-refractivity contribution in [3.05, 3.63) is 0 Å². The number of unbranched alkanes of at least 4 members (excludes halogenated alkanes) is 1. The molecule has 2 nitrogen and oxygen atoms in total. The Morgan fingerprint density at radius 3 is 3.00 bits per heavy atom. The molecule has 0 radical (unpaired) electrons. The molecule has 82 valence electrons. The molecule has 0 aliphatic carbocycles. The zero-order valence-electron chi connectivity index (χ0n) is 8.75. The Balaban J connectivity index is 1.90. The largest absolute Gasteiger partial charge is 0.356 e. The molecule has 1 saturated heterocycles. The van der Waals surface area contributed by atoms with Crippen LogP contribution in [-0.2, 0) is 4.79 Å². The molecular weight excluding hydrogens is 214 g/mol. The van der Waals surface area contributed by atoms with Gasteiger partial charge in [-0.2, -0.15) is 0 Å². The van der Waals surface area contributed by atoms with Crippen molar-refractivity contribution in [1.29, 1.82) is 0 Å². The lowest BCUT2D eigenvalue weighted by molar-refractivity contribution is -0.121. The molecule has 1 amide bonds. The van der Waals surface area contributed by atoms with Crippen LogP contribution in [0.5, 0.6) is 0 Å². The van der Waals surface area contributed by atoms with Crippen LogP contribution in [-0.4, -0.2) is 23.5 Å². The van der Waals surface area contributed by atoms with Gasteiger partial charge in [0.05, 0.1) is 0 Å². The van der Waals surface area contributed by atoms with E-state index >= 15 is 0 Å². The van der Waals surface area contributed by atoms with Crippen LogP contribution < -0.4 is 5.32 Å². The summed E-state index contributed by atoms with van der Waals surface area (Å²) in [5, 5.41) is 3.68. The van der Waals surface area contributed by atoms with Crippen molar-refractivity contribution in [1.82, 2.24) is 5.32 Å². The van der Waals surface area contributed by atoms with Gasteiger partial charge in [0, 0.05) is 24.0 Å². The molecule has 0 bridgehead atoms. The monoisotopic (exact) mass is 233 g/mol. The second-order valence-corrected chi connectivity index (χ2v) is 6.32. The molecule has 1 fully saturated rings. The third-order valence-electron chi connectivity index (χ3n) is 2.28. The zero-order chi connectivity index (χ0) is 10.2. The van der Waals surface area contributed by atoms with Crippen molar-refractivity contribution in [3.8, 4) is 0 Å². The van der Waals surface area contributed by atoms with Crippen LogP contribution in [0.1, 0.15) is 39.0 Å². The Bertz CT molecular complexity index is 170. The predicted molar refractivity (Wildman–Crippen MR) is 65.6 cm³/mol. The fourth-order valence-corrected chi connectivity index (χ4v) is 4.54. The van der Waals surface area contributed by atoms with Crippen LogP contribution in [0.2, 0.25) is 0 Å². The first-order chi connectivity index (χ1) is 6.83. The van der Waals surface area contributed by atoms with Crippen LogP contribution in [0.3, 0.4) is 0 Å². The van der Waals surface area contributed by atoms with E-state index in [4.69, 9.17) is 0 Å². The third-order valence-corrected chi connectivity index (χ3v) is 5.29. The molecule has 0 saturated carbocycles. The van der Waals surface area contributed by atoms with Crippen LogP contribution in [0.15, 0.2) is 0 Å². The topological polar surface area (TPSA) is 29.1 Å². The van der Waals surface area contributed by atoms with Crippen molar-refractivity contribution in [2.45, 2.75) is 44.3 Å². The van der Waals surface area contributed by atoms with Crippen molar-refractivity contribution in [2.75, 3.05) is 12.3 Å². The summed E-state index contributed by atoms with van der Waals surface area (Å²) in [6, 6.07) is 0. The van der Waals surface area contributed by atoms with E-state index in [1.807, 2.05) is 28.5 Å². The molecule has 1 aliphatic heterocycles. The number of nitrogens with one attached hydrogen (secondary N) is 1. The fourth-order valence-electron chi connectivity index (χ4n) is 1.51. The molecular formula is C10H19NOS2. The fraction of sp³-hybridized carbons (Fsp3) is 0.900. The van der Waals surface area contributed by atoms with E-state index in [1.54, 1.807) is 0 Å².